The Morgan fingerprint density at radius 3 is 2.76 bits per heavy atom. The lowest BCUT2D eigenvalue weighted by Crippen LogP contribution is -2.48. The maximum atomic E-state index is 12.3. The molecule has 0 bridgehead atoms. The van der Waals surface area contributed by atoms with E-state index >= 15 is 0 Å². The van der Waals surface area contributed by atoms with Gasteiger partial charge in [0.2, 0.25) is 0 Å². The third-order valence-electron chi connectivity index (χ3n) is 4.58. The summed E-state index contributed by atoms with van der Waals surface area (Å²) < 4.78 is 5.93. The fourth-order valence-electron chi connectivity index (χ4n) is 2.96. The quantitative estimate of drug-likeness (QED) is 0.896. The van der Waals surface area contributed by atoms with Crippen molar-refractivity contribution in [3.05, 3.63) is 29.3 Å². The van der Waals surface area contributed by atoms with Crippen LogP contribution in [0.25, 0.3) is 0 Å². The second kappa shape index (κ2) is 6.48. The monoisotopic (exact) mass is 291 g/mol. The van der Waals surface area contributed by atoms with Crippen molar-refractivity contribution in [1.29, 1.82) is 0 Å². The maximum Gasteiger partial charge on any atom is 0.251 e. The first-order chi connectivity index (χ1) is 9.99. The Labute approximate surface area is 126 Å². The van der Waals surface area contributed by atoms with Crippen LogP contribution in [0.4, 0.5) is 0 Å². The lowest BCUT2D eigenvalue weighted by atomic mass is 9.86. The van der Waals surface area contributed by atoms with Crippen LogP contribution in [0.15, 0.2) is 18.2 Å². The van der Waals surface area contributed by atoms with Crippen LogP contribution in [-0.4, -0.2) is 29.3 Å². The molecule has 0 radical (unpaired) electrons. The number of phenols is 1. The summed E-state index contributed by atoms with van der Waals surface area (Å²) in [4.78, 5) is 12.3. The number of benzene rings is 1. The number of carbonyl (C=O) groups excluding carboxylic acids is 1. The number of hydrogen-bond donors (Lipinski definition) is 2. The molecule has 1 aliphatic rings. The van der Waals surface area contributed by atoms with Crippen LogP contribution in [0.5, 0.6) is 5.75 Å². The number of rotatable bonds is 4. The van der Waals surface area contributed by atoms with Gasteiger partial charge in [0.1, 0.15) is 5.75 Å². The minimum Gasteiger partial charge on any atom is -0.508 e. The van der Waals surface area contributed by atoms with Crippen LogP contribution in [0.2, 0.25) is 0 Å². The van der Waals surface area contributed by atoms with E-state index in [0.717, 1.165) is 25.7 Å². The van der Waals surface area contributed by atoms with Gasteiger partial charge in [-0.25, -0.2) is 0 Å². The number of ether oxygens (including phenoxy) is 1. The highest BCUT2D eigenvalue weighted by molar-refractivity contribution is 5.94. The second-order valence-electron chi connectivity index (χ2n) is 5.90. The molecule has 21 heavy (non-hydrogen) atoms. The standard InChI is InChI=1S/C17H25NO3/c1-4-17(5-2)11-14(8-9-21-17)18-16(20)13-6-7-15(19)12(3)10-13/h6-7,10,14,19H,4-5,8-9,11H2,1-3H3,(H,18,20). The molecule has 1 aromatic rings. The van der Waals surface area contributed by atoms with Crippen molar-refractivity contribution < 1.29 is 14.6 Å². The van der Waals surface area contributed by atoms with Crippen LogP contribution < -0.4 is 5.32 Å². The molecule has 0 aromatic heterocycles. The zero-order valence-corrected chi connectivity index (χ0v) is 13.1. The number of amides is 1. The van der Waals surface area contributed by atoms with Crippen molar-refractivity contribution >= 4 is 5.91 Å². The van der Waals surface area contributed by atoms with E-state index in [1.807, 2.05) is 0 Å². The average Bonchev–Trinajstić information content (AvgIpc) is 2.50. The van der Waals surface area contributed by atoms with Crippen LogP contribution in [-0.2, 0) is 4.74 Å². The van der Waals surface area contributed by atoms with E-state index in [2.05, 4.69) is 19.2 Å². The Balaban J connectivity index is 2.03. The smallest absolute Gasteiger partial charge is 0.251 e. The van der Waals surface area contributed by atoms with Gasteiger partial charge in [-0.05, 0) is 56.4 Å². The van der Waals surface area contributed by atoms with Gasteiger partial charge in [-0.2, -0.15) is 0 Å². The summed E-state index contributed by atoms with van der Waals surface area (Å²) in [6.07, 6.45) is 3.65. The summed E-state index contributed by atoms with van der Waals surface area (Å²) in [5.74, 6) is 0.139. The molecule has 1 aliphatic heterocycles. The molecule has 0 spiro atoms. The molecular weight excluding hydrogens is 266 g/mol. The van der Waals surface area contributed by atoms with Gasteiger partial charge in [-0.15, -0.1) is 0 Å². The van der Waals surface area contributed by atoms with Crippen LogP contribution >= 0.6 is 0 Å². The van der Waals surface area contributed by atoms with Crippen molar-refractivity contribution in [2.45, 2.75) is 58.1 Å². The Bertz CT molecular complexity index is 509. The van der Waals surface area contributed by atoms with Crippen LogP contribution in [0.3, 0.4) is 0 Å². The van der Waals surface area contributed by atoms with Gasteiger partial charge in [0.15, 0.2) is 0 Å². The van der Waals surface area contributed by atoms with E-state index in [1.54, 1.807) is 25.1 Å². The lowest BCUT2D eigenvalue weighted by molar-refractivity contribution is -0.0917. The van der Waals surface area contributed by atoms with E-state index in [-0.39, 0.29) is 23.3 Å². The summed E-state index contributed by atoms with van der Waals surface area (Å²) in [5, 5.41) is 12.6. The van der Waals surface area contributed by atoms with E-state index < -0.39 is 0 Å². The third-order valence-corrected chi connectivity index (χ3v) is 4.58. The predicted octanol–water partition coefficient (Wildman–Crippen LogP) is 3.17. The third kappa shape index (κ3) is 3.56. The molecular formula is C17H25NO3. The molecule has 0 aliphatic carbocycles. The first kappa shape index (κ1) is 15.8. The second-order valence-corrected chi connectivity index (χ2v) is 5.90. The summed E-state index contributed by atoms with van der Waals surface area (Å²) in [7, 11) is 0. The van der Waals surface area contributed by atoms with Crippen LogP contribution in [0, 0.1) is 6.92 Å². The summed E-state index contributed by atoms with van der Waals surface area (Å²) in [6.45, 7) is 6.76. The number of nitrogens with one attached hydrogen (secondary N) is 1. The van der Waals surface area contributed by atoms with Gasteiger partial charge in [0.25, 0.3) is 5.91 Å². The Morgan fingerprint density at radius 1 is 1.43 bits per heavy atom. The zero-order chi connectivity index (χ0) is 15.5. The fraction of sp³-hybridized carbons (Fsp3) is 0.588. The van der Waals surface area contributed by atoms with Gasteiger partial charge in [-0.3, -0.25) is 4.79 Å². The SMILES string of the molecule is CCC1(CC)CC(NC(=O)c2ccc(O)c(C)c2)CCO1. The minimum atomic E-state index is -0.0962. The molecule has 2 N–H and O–H groups in total. The molecule has 4 heteroatoms. The van der Waals surface area contributed by atoms with Gasteiger partial charge < -0.3 is 15.2 Å². The van der Waals surface area contributed by atoms with Crippen molar-refractivity contribution in [2.75, 3.05) is 6.61 Å². The van der Waals surface area contributed by atoms with Gasteiger partial charge in [0, 0.05) is 18.2 Å². The first-order valence-corrected chi connectivity index (χ1v) is 7.74. The Hall–Kier alpha value is -1.55. The molecule has 2 rings (SSSR count). The van der Waals surface area contributed by atoms with Crippen molar-refractivity contribution in [1.82, 2.24) is 5.32 Å². The molecule has 116 valence electrons. The van der Waals surface area contributed by atoms with Gasteiger partial charge >= 0.3 is 0 Å². The molecule has 1 amide bonds. The summed E-state index contributed by atoms with van der Waals surface area (Å²) in [5.41, 5.74) is 1.21. The zero-order valence-electron chi connectivity index (χ0n) is 13.1. The minimum absolute atomic E-state index is 0.0777. The predicted molar refractivity (Wildman–Crippen MR) is 82.6 cm³/mol. The average molecular weight is 291 g/mol. The first-order valence-electron chi connectivity index (χ1n) is 7.74. The summed E-state index contributed by atoms with van der Waals surface area (Å²) in [6, 6.07) is 5.09. The van der Waals surface area contributed by atoms with Gasteiger partial charge in [0.05, 0.1) is 5.60 Å². The number of carbonyl (C=O) groups is 1. The largest absolute Gasteiger partial charge is 0.508 e. The van der Waals surface area contributed by atoms with Crippen molar-refractivity contribution in [3.8, 4) is 5.75 Å². The topological polar surface area (TPSA) is 58.6 Å². The highest BCUT2D eigenvalue weighted by Gasteiger charge is 2.35. The highest BCUT2D eigenvalue weighted by Crippen LogP contribution is 2.31. The van der Waals surface area contributed by atoms with E-state index in [1.165, 1.54) is 0 Å². The van der Waals surface area contributed by atoms with Gasteiger partial charge in [-0.1, -0.05) is 13.8 Å². The summed E-state index contributed by atoms with van der Waals surface area (Å²) >= 11 is 0. The Morgan fingerprint density at radius 2 is 2.14 bits per heavy atom. The number of aryl methyl sites for hydroxylation is 1. The molecule has 1 atom stereocenters. The molecule has 1 heterocycles. The van der Waals surface area contributed by atoms with E-state index in [4.69, 9.17) is 4.74 Å². The molecule has 1 fully saturated rings. The normalized spacial score (nSPS) is 21.0. The van der Waals surface area contributed by atoms with E-state index in [9.17, 15) is 9.90 Å². The molecule has 1 saturated heterocycles. The lowest BCUT2D eigenvalue weighted by Gasteiger charge is -2.40. The van der Waals surface area contributed by atoms with Crippen molar-refractivity contribution in [3.63, 3.8) is 0 Å². The molecule has 4 nitrogen and oxygen atoms in total. The van der Waals surface area contributed by atoms with Crippen molar-refractivity contribution in [2.24, 2.45) is 0 Å². The molecule has 1 aromatic carbocycles. The molecule has 1 unspecified atom stereocenters. The maximum absolute atomic E-state index is 12.3. The van der Waals surface area contributed by atoms with Crippen LogP contribution in [0.1, 0.15) is 55.5 Å². The van der Waals surface area contributed by atoms with E-state index in [0.29, 0.717) is 17.7 Å². The Kier molecular flexibility index (Phi) is 4.88. The number of hydrogen-bond acceptors (Lipinski definition) is 3. The highest BCUT2D eigenvalue weighted by atomic mass is 16.5. The number of phenolic OH excluding ortho intramolecular Hbond substituents is 1. The molecule has 0 saturated carbocycles. The fourth-order valence-corrected chi connectivity index (χ4v) is 2.96. The number of aromatic hydroxyl groups is 1.